The van der Waals surface area contributed by atoms with Crippen molar-refractivity contribution in [2.75, 3.05) is 7.11 Å². The molecule has 1 aromatic heterocycles. The number of benzene rings is 1. The number of hydrogen-bond acceptors (Lipinski definition) is 4. The van der Waals surface area contributed by atoms with Crippen LogP contribution < -0.4 is 10.1 Å². The van der Waals surface area contributed by atoms with Gasteiger partial charge in [-0.2, -0.15) is 5.10 Å². The number of aromatic nitrogens is 2. The Morgan fingerprint density at radius 3 is 2.58 bits per heavy atom. The lowest BCUT2D eigenvalue weighted by Gasteiger charge is -2.41. The third-order valence-electron chi connectivity index (χ3n) is 4.32. The highest BCUT2D eigenvalue weighted by Gasteiger charge is 2.41. The van der Waals surface area contributed by atoms with Gasteiger partial charge in [0.25, 0.3) is 5.91 Å². The topological polar surface area (TPSA) is 93.5 Å². The van der Waals surface area contributed by atoms with Gasteiger partial charge in [-0.25, -0.2) is 4.68 Å². The predicted molar refractivity (Wildman–Crippen MR) is 86.4 cm³/mol. The average molecular weight is 329 g/mol. The molecule has 0 unspecified atom stereocenters. The van der Waals surface area contributed by atoms with Crippen molar-refractivity contribution in [3.8, 4) is 11.4 Å². The minimum atomic E-state index is -0.920. The molecule has 7 heteroatoms. The van der Waals surface area contributed by atoms with E-state index in [0.717, 1.165) is 12.1 Å². The molecule has 0 atom stereocenters. The van der Waals surface area contributed by atoms with E-state index in [1.165, 1.54) is 7.11 Å². The number of methoxy groups -OCH3 is 1. The van der Waals surface area contributed by atoms with Crippen molar-refractivity contribution < 1.29 is 19.4 Å². The van der Waals surface area contributed by atoms with E-state index in [0.29, 0.717) is 18.6 Å². The van der Waals surface area contributed by atoms with Crippen molar-refractivity contribution in [3.05, 3.63) is 42.2 Å². The number of rotatable bonds is 6. The lowest BCUT2D eigenvalue weighted by atomic mass is 9.74. The zero-order valence-corrected chi connectivity index (χ0v) is 13.4. The van der Waals surface area contributed by atoms with E-state index in [2.05, 4.69) is 10.4 Å². The van der Waals surface area contributed by atoms with Crippen molar-refractivity contribution >= 4 is 11.9 Å². The number of hydrogen-bond donors (Lipinski definition) is 2. The van der Waals surface area contributed by atoms with Crippen molar-refractivity contribution in [3.63, 3.8) is 0 Å². The van der Waals surface area contributed by atoms with E-state index in [1.54, 1.807) is 10.9 Å². The van der Waals surface area contributed by atoms with Gasteiger partial charge in [0.15, 0.2) is 11.4 Å². The lowest BCUT2D eigenvalue weighted by molar-refractivity contribution is -0.139. The SMILES string of the molecule is COc1cn(-c2ccccc2)nc1C(=O)NC1(CC(=O)O)CCC1. The third-order valence-corrected chi connectivity index (χ3v) is 4.32. The van der Waals surface area contributed by atoms with Crippen LogP contribution in [0.25, 0.3) is 5.69 Å². The third kappa shape index (κ3) is 3.10. The van der Waals surface area contributed by atoms with E-state index in [1.807, 2.05) is 30.3 Å². The summed E-state index contributed by atoms with van der Waals surface area (Å²) in [7, 11) is 1.47. The molecule has 1 fully saturated rings. The van der Waals surface area contributed by atoms with E-state index in [-0.39, 0.29) is 12.1 Å². The molecule has 2 aromatic rings. The first-order chi connectivity index (χ1) is 11.5. The van der Waals surface area contributed by atoms with Gasteiger partial charge in [-0.1, -0.05) is 18.2 Å². The maximum Gasteiger partial charge on any atom is 0.305 e. The summed E-state index contributed by atoms with van der Waals surface area (Å²) < 4.78 is 6.82. The van der Waals surface area contributed by atoms with Gasteiger partial charge in [0.1, 0.15) is 0 Å². The van der Waals surface area contributed by atoms with Crippen molar-refractivity contribution in [1.82, 2.24) is 15.1 Å². The largest absolute Gasteiger partial charge is 0.493 e. The van der Waals surface area contributed by atoms with Crippen LogP contribution in [0.15, 0.2) is 36.5 Å². The van der Waals surface area contributed by atoms with Crippen LogP contribution in [0, 0.1) is 0 Å². The molecule has 0 bridgehead atoms. The number of carbonyl (C=O) groups is 2. The van der Waals surface area contributed by atoms with Gasteiger partial charge in [-0.05, 0) is 31.4 Å². The molecule has 1 amide bonds. The van der Waals surface area contributed by atoms with Gasteiger partial charge in [0.2, 0.25) is 0 Å². The van der Waals surface area contributed by atoms with Crippen LogP contribution in [-0.2, 0) is 4.79 Å². The van der Waals surface area contributed by atoms with Crippen molar-refractivity contribution in [2.45, 2.75) is 31.2 Å². The summed E-state index contributed by atoms with van der Waals surface area (Å²) >= 11 is 0. The number of ether oxygens (including phenoxy) is 1. The van der Waals surface area contributed by atoms with Crippen LogP contribution in [0.3, 0.4) is 0 Å². The molecule has 7 nitrogen and oxygen atoms in total. The molecule has 1 aromatic carbocycles. The smallest absolute Gasteiger partial charge is 0.305 e. The fourth-order valence-corrected chi connectivity index (χ4v) is 2.92. The number of amides is 1. The van der Waals surface area contributed by atoms with Crippen LogP contribution in [0.1, 0.15) is 36.2 Å². The number of carbonyl (C=O) groups excluding carboxylic acids is 1. The molecule has 0 spiro atoms. The molecule has 0 saturated heterocycles. The average Bonchev–Trinajstić information content (AvgIpc) is 2.97. The summed E-state index contributed by atoms with van der Waals surface area (Å²) in [6.07, 6.45) is 3.78. The summed E-state index contributed by atoms with van der Waals surface area (Å²) in [4.78, 5) is 23.6. The highest BCUT2D eigenvalue weighted by Crippen LogP contribution is 2.35. The van der Waals surface area contributed by atoms with Gasteiger partial charge < -0.3 is 15.2 Å². The Kier molecular flexibility index (Phi) is 4.24. The number of carboxylic acids is 1. The van der Waals surface area contributed by atoms with E-state index >= 15 is 0 Å². The van der Waals surface area contributed by atoms with Crippen molar-refractivity contribution in [1.29, 1.82) is 0 Å². The van der Waals surface area contributed by atoms with Crippen LogP contribution >= 0.6 is 0 Å². The summed E-state index contributed by atoms with van der Waals surface area (Å²) in [5, 5.41) is 16.2. The zero-order valence-electron chi connectivity index (χ0n) is 13.4. The number of para-hydroxylation sites is 1. The standard InChI is InChI=1S/C17H19N3O4/c1-24-13-11-20(12-6-3-2-4-7-12)19-15(13)16(23)18-17(8-5-9-17)10-14(21)22/h2-4,6-7,11H,5,8-10H2,1H3,(H,18,23)(H,21,22). The fraction of sp³-hybridized carbons (Fsp3) is 0.353. The monoisotopic (exact) mass is 329 g/mol. The van der Waals surface area contributed by atoms with Gasteiger partial charge >= 0.3 is 5.97 Å². The van der Waals surface area contributed by atoms with E-state index in [9.17, 15) is 9.59 Å². The minimum absolute atomic E-state index is 0.0829. The van der Waals surface area contributed by atoms with E-state index < -0.39 is 17.4 Å². The molecular formula is C17H19N3O4. The Hall–Kier alpha value is -2.83. The van der Waals surface area contributed by atoms with Gasteiger partial charge in [0.05, 0.1) is 31.0 Å². The summed E-state index contributed by atoms with van der Waals surface area (Å²) in [5.74, 6) is -0.986. The zero-order chi connectivity index (χ0) is 17.2. The van der Waals surface area contributed by atoms with Crippen LogP contribution in [0.2, 0.25) is 0 Å². The summed E-state index contributed by atoms with van der Waals surface area (Å²) in [6, 6.07) is 9.38. The van der Waals surface area contributed by atoms with Crippen LogP contribution in [0.4, 0.5) is 0 Å². The molecule has 1 aliphatic carbocycles. The van der Waals surface area contributed by atoms with Crippen molar-refractivity contribution in [2.24, 2.45) is 0 Å². The maximum absolute atomic E-state index is 12.6. The molecule has 1 heterocycles. The number of carboxylic acid groups (broad SMARTS) is 1. The highest BCUT2D eigenvalue weighted by molar-refractivity contribution is 5.95. The Morgan fingerprint density at radius 1 is 1.33 bits per heavy atom. The quantitative estimate of drug-likeness (QED) is 0.845. The fourth-order valence-electron chi connectivity index (χ4n) is 2.92. The molecule has 2 N–H and O–H groups in total. The van der Waals surface area contributed by atoms with Crippen LogP contribution in [0.5, 0.6) is 5.75 Å². The normalized spacial score (nSPS) is 15.4. The first-order valence-electron chi connectivity index (χ1n) is 7.76. The second-order valence-corrected chi connectivity index (χ2v) is 5.98. The summed E-state index contributed by atoms with van der Waals surface area (Å²) in [5.41, 5.74) is 0.279. The Bertz CT molecular complexity index is 750. The van der Waals surface area contributed by atoms with Gasteiger partial charge in [-0.3, -0.25) is 9.59 Å². The van der Waals surface area contributed by atoms with Gasteiger partial charge in [0, 0.05) is 0 Å². The lowest BCUT2D eigenvalue weighted by Crippen LogP contribution is -2.54. The molecule has 1 aliphatic rings. The van der Waals surface area contributed by atoms with E-state index in [4.69, 9.17) is 9.84 Å². The number of nitrogens with one attached hydrogen (secondary N) is 1. The molecule has 0 radical (unpaired) electrons. The molecule has 24 heavy (non-hydrogen) atoms. The second-order valence-electron chi connectivity index (χ2n) is 5.98. The molecule has 3 rings (SSSR count). The molecule has 1 saturated carbocycles. The first-order valence-corrected chi connectivity index (χ1v) is 7.76. The Labute approximate surface area is 139 Å². The number of aliphatic carboxylic acids is 1. The predicted octanol–water partition coefficient (Wildman–Crippen LogP) is 2.01. The van der Waals surface area contributed by atoms with Crippen LogP contribution in [-0.4, -0.2) is 39.4 Å². The Balaban J connectivity index is 1.84. The number of nitrogens with zero attached hydrogens (tertiary/aromatic N) is 2. The highest BCUT2D eigenvalue weighted by atomic mass is 16.5. The molecular weight excluding hydrogens is 310 g/mol. The Morgan fingerprint density at radius 2 is 2.04 bits per heavy atom. The minimum Gasteiger partial charge on any atom is -0.493 e. The first kappa shape index (κ1) is 16.0. The maximum atomic E-state index is 12.6. The summed E-state index contributed by atoms with van der Waals surface area (Å²) in [6.45, 7) is 0. The molecule has 126 valence electrons. The molecule has 0 aliphatic heterocycles. The second kappa shape index (κ2) is 6.35. The van der Waals surface area contributed by atoms with Gasteiger partial charge in [-0.15, -0.1) is 0 Å².